The maximum Gasteiger partial charge on any atom is 0.0576 e. The quantitative estimate of drug-likeness (QED) is 0.895. The van der Waals surface area contributed by atoms with Gasteiger partial charge >= 0.3 is 0 Å². The lowest BCUT2D eigenvalue weighted by atomic mass is 9.73. The van der Waals surface area contributed by atoms with Crippen LogP contribution in [0.5, 0.6) is 0 Å². The highest BCUT2D eigenvalue weighted by molar-refractivity contribution is 9.10. The molecule has 0 amide bonds. The van der Waals surface area contributed by atoms with Crippen molar-refractivity contribution in [3.63, 3.8) is 0 Å². The van der Waals surface area contributed by atoms with Crippen LogP contribution >= 0.6 is 15.9 Å². The SMILES string of the molecule is CCC1CCCCC1C(NC)c1ccc(Br)cn1. The molecule has 1 aromatic heterocycles. The van der Waals surface area contributed by atoms with E-state index in [1.54, 1.807) is 0 Å². The Morgan fingerprint density at radius 1 is 1.39 bits per heavy atom. The van der Waals surface area contributed by atoms with Crippen molar-refractivity contribution < 1.29 is 0 Å². The summed E-state index contributed by atoms with van der Waals surface area (Å²) in [4.78, 5) is 4.58. The van der Waals surface area contributed by atoms with E-state index in [-0.39, 0.29) is 0 Å². The third-order valence-corrected chi connectivity index (χ3v) is 4.77. The summed E-state index contributed by atoms with van der Waals surface area (Å²) >= 11 is 3.46. The van der Waals surface area contributed by atoms with E-state index >= 15 is 0 Å². The van der Waals surface area contributed by atoms with E-state index in [9.17, 15) is 0 Å². The maximum atomic E-state index is 4.58. The molecule has 18 heavy (non-hydrogen) atoms. The third kappa shape index (κ3) is 3.12. The van der Waals surface area contributed by atoms with E-state index in [4.69, 9.17) is 0 Å². The molecule has 1 aliphatic carbocycles. The van der Waals surface area contributed by atoms with E-state index in [1.807, 2.05) is 6.20 Å². The Morgan fingerprint density at radius 3 is 2.78 bits per heavy atom. The molecule has 2 rings (SSSR count). The minimum Gasteiger partial charge on any atom is -0.311 e. The van der Waals surface area contributed by atoms with E-state index < -0.39 is 0 Å². The lowest BCUT2D eigenvalue weighted by molar-refractivity contribution is 0.178. The molecule has 1 aliphatic rings. The zero-order chi connectivity index (χ0) is 13.0. The van der Waals surface area contributed by atoms with Crippen molar-refractivity contribution in [1.29, 1.82) is 0 Å². The highest BCUT2D eigenvalue weighted by Crippen LogP contribution is 2.39. The fourth-order valence-electron chi connectivity index (χ4n) is 3.33. The number of pyridine rings is 1. The summed E-state index contributed by atoms with van der Waals surface area (Å²) < 4.78 is 1.05. The fraction of sp³-hybridized carbons (Fsp3) is 0.667. The molecule has 0 aliphatic heterocycles. The first-order valence-electron chi connectivity index (χ1n) is 7.05. The summed E-state index contributed by atoms with van der Waals surface area (Å²) in [5.41, 5.74) is 1.19. The first kappa shape index (κ1) is 14.0. The molecule has 3 unspecified atom stereocenters. The number of hydrogen-bond donors (Lipinski definition) is 1. The smallest absolute Gasteiger partial charge is 0.0576 e. The van der Waals surface area contributed by atoms with Crippen LogP contribution in [0.2, 0.25) is 0 Å². The second-order valence-corrected chi connectivity index (χ2v) is 6.20. The molecule has 1 aromatic rings. The highest BCUT2D eigenvalue weighted by Gasteiger charge is 2.31. The van der Waals surface area contributed by atoms with Crippen molar-refractivity contribution in [3.8, 4) is 0 Å². The van der Waals surface area contributed by atoms with Crippen molar-refractivity contribution in [1.82, 2.24) is 10.3 Å². The molecule has 0 saturated heterocycles. The number of aromatic nitrogens is 1. The normalized spacial score (nSPS) is 25.9. The highest BCUT2D eigenvalue weighted by atomic mass is 79.9. The Hall–Kier alpha value is -0.410. The van der Waals surface area contributed by atoms with Gasteiger partial charge in [-0.1, -0.05) is 32.6 Å². The monoisotopic (exact) mass is 310 g/mol. The van der Waals surface area contributed by atoms with Gasteiger partial charge in [-0.05, 0) is 53.4 Å². The molecule has 1 fully saturated rings. The molecule has 0 spiro atoms. The van der Waals surface area contributed by atoms with Gasteiger partial charge in [-0.15, -0.1) is 0 Å². The van der Waals surface area contributed by atoms with Crippen LogP contribution < -0.4 is 5.32 Å². The zero-order valence-corrected chi connectivity index (χ0v) is 12.9. The Labute approximate surface area is 119 Å². The average molecular weight is 311 g/mol. The molecule has 3 atom stereocenters. The standard InChI is InChI=1S/C15H23BrN2/c1-3-11-6-4-5-7-13(11)15(17-2)14-9-8-12(16)10-18-14/h8-11,13,15,17H,3-7H2,1-2H3. The number of nitrogens with zero attached hydrogens (tertiary/aromatic N) is 1. The topological polar surface area (TPSA) is 24.9 Å². The largest absolute Gasteiger partial charge is 0.311 e. The predicted octanol–water partition coefficient (Wildman–Crippen LogP) is 4.32. The summed E-state index contributed by atoms with van der Waals surface area (Å²) in [6, 6.07) is 4.64. The Bertz CT molecular complexity index is 363. The van der Waals surface area contributed by atoms with E-state index in [0.717, 1.165) is 16.3 Å². The van der Waals surface area contributed by atoms with Crippen LogP contribution in [-0.4, -0.2) is 12.0 Å². The minimum atomic E-state index is 0.406. The molecule has 100 valence electrons. The second-order valence-electron chi connectivity index (χ2n) is 5.28. The summed E-state index contributed by atoms with van der Waals surface area (Å²) in [7, 11) is 2.07. The van der Waals surface area contributed by atoms with Crippen molar-refractivity contribution in [2.45, 2.75) is 45.1 Å². The molecule has 0 bridgehead atoms. The van der Waals surface area contributed by atoms with Crippen molar-refractivity contribution in [3.05, 3.63) is 28.5 Å². The third-order valence-electron chi connectivity index (χ3n) is 4.30. The molecule has 2 nitrogen and oxygen atoms in total. The van der Waals surface area contributed by atoms with Gasteiger partial charge in [0.15, 0.2) is 0 Å². The second kappa shape index (κ2) is 6.67. The number of halogens is 1. The minimum absolute atomic E-state index is 0.406. The number of nitrogens with one attached hydrogen (secondary N) is 1. The maximum absolute atomic E-state index is 4.58. The summed E-state index contributed by atoms with van der Waals surface area (Å²) in [6.45, 7) is 2.32. The van der Waals surface area contributed by atoms with Crippen molar-refractivity contribution in [2.24, 2.45) is 11.8 Å². The van der Waals surface area contributed by atoms with Gasteiger partial charge in [0.05, 0.1) is 11.7 Å². The van der Waals surface area contributed by atoms with Gasteiger partial charge in [0.2, 0.25) is 0 Å². The van der Waals surface area contributed by atoms with Crippen LogP contribution in [-0.2, 0) is 0 Å². The lowest BCUT2D eigenvalue weighted by Gasteiger charge is -2.36. The fourth-order valence-corrected chi connectivity index (χ4v) is 3.57. The molecular formula is C15H23BrN2. The van der Waals surface area contributed by atoms with Crippen molar-refractivity contribution in [2.75, 3.05) is 7.05 Å². The van der Waals surface area contributed by atoms with Gasteiger partial charge in [-0.3, -0.25) is 4.98 Å². The number of hydrogen-bond acceptors (Lipinski definition) is 2. The molecule has 0 radical (unpaired) electrons. The van der Waals surface area contributed by atoms with Crippen LogP contribution in [0.3, 0.4) is 0 Å². The van der Waals surface area contributed by atoms with E-state index in [1.165, 1.54) is 37.8 Å². The Morgan fingerprint density at radius 2 is 2.17 bits per heavy atom. The van der Waals surface area contributed by atoms with E-state index in [0.29, 0.717) is 6.04 Å². The number of rotatable bonds is 4. The average Bonchev–Trinajstić information content (AvgIpc) is 2.42. The van der Waals surface area contributed by atoms with Gasteiger partial charge in [0.1, 0.15) is 0 Å². The first-order valence-corrected chi connectivity index (χ1v) is 7.84. The van der Waals surface area contributed by atoms with E-state index in [2.05, 4.69) is 52.3 Å². The summed E-state index contributed by atoms with van der Waals surface area (Å²) in [5, 5.41) is 3.49. The Balaban J connectivity index is 2.18. The van der Waals surface area contributed by atoms with Gasteiger partial charge in [0, 0.05) is 10.7 Å². The van der Waals surface area contributed by atoms with Crippen LogP contribution in [0.25, 0.3) is 0 Å². The Kier molecular flexibility index (Phi) is 5.19. The molecular weight excluding hydrogens is 288 g/mol. The van der Waals surface area contributed by atoms with Crippen LogP contribution in [0.15, 0.2) is 22.8 Å². The van der Waals surface area contributed by atoms with Crippen molar-refractivity contribution >= 4 is 15.9 Å². The van der Waals surface area contributed by atoms with Crippen LogP contribution in [0.1, 0.15) is 50.8 Å². The summed E-state index contributed by atoms with van der Waals surface area (Å²) in [6.07, 6.45) is 8.69. The molecule has 1 saturated carbocycles. The van der Waals surface area contributed by atoms with Crippen LogP contribution in [0.4, 0.5) is 0 Å². The van der Waals surface area contributed by atoms with Gasteiger partial charge in [-0.25, -0.2) is 0 Å². The summed E-state index contributed by atoms with van der Waals surface area (Å²) in [5.74, 6) is 1.59. The predicted molar refractivity (Wildman–Crippen MR) is 79.5 cm³/mol. The molecule has 3 heteroatoms. The van der Waals surface area contributed by atoms with Crippen LogP contribution in [0, 0.1) is 11.8 Å². The van der Waals surface area contributed by atoms with Gasteiger partial charge < -0.3 is 5.32 Å². The van der Waals surface area contributed by atoms with Gasteiger partial charge in [0.25, 0.3) is 0 Å². The first-order chi connectivity index (χ1) is 8.76. The lowest BCUT2D eigenvalue weighted by Crippen LogP contribution is -2.33. The van der Waals surface area contributed by atoms with Gasteiger partial charge in [-0.2, -0.15) is 0 Å². The molecule has 1 heterocycles. The molecule has 1 N–H and O–H groups in total. The zero-order valence-electron chi connectivity index (χ0n) is 11.3. The molecule has 0 aromatic carbocycles.